The van der Waals surface area contributed by atoms with Crippen molar-refractivity contribution in [3.63, 3.8) is 0 Å². The van der Waals surface area contributed by atoms with Gasteiger partial charge in [0.05, 0.1) is 16.7 Å². The molecule has 0 aromatic carbocycles. The number of thiocarbonyl (C=S) groups is 1. The van der Waals surface area contributed by atoms with Gasteiger partial charge < -0.3 is 11.1 Å². The van der Waals surface area contributed by atoms with E-state index in [1.165, 1.54) is 0 Å². The predicted molar refractivity (Wildman–Crippen MR) is 66.1 cm³/mol. The van der Waals surface area contributed by atoms with Gasteiger partial charge in [0.15, 0.2) is 0 Å². The molecule has 0 radical (unpaired) electrons. The number of nitrogens with two attached hydrogens (primary N) is 2. The largest absolute Gasteiger partial charge is 0.393 e. The van der Waals surface area contributed by atoms with Crippen molar-refractivity contribution in [3.05, 3.63) is 0 Å². The van der Waals surface area contributed by atoms with Crippen LogP contribution in [0.5, 0.6) is 0 Å². The molecule has 0 aliphatic rings. The molecule has 0 spiro atoms. The zero-order chi connectivity index (χ0) is 12.9. The van der Waals surface area contributed by atoms with Crippen molar-refractivity contribution in [1.82, 2.24) is 5.32 Å². The molecule has 0 aromatic rings. The van der Waals surface area contributed by atoms with Gasteiger partial charge >= 0.3 is 0 Å². The lowest BCUT2D eigenvalue weighted by Crippen LogP contribution is -2.42. The second-order valence-corrected chi connectivity index (χ2v) is 5.99. The Labute approximate surface area is 101 Å². The number of carbonyl (C=O) groups excluding carboxylic acids is 1. The summed E-state index contributed by atoms with van der Waals surface area (Å²) in [6.07, 6.45) is 0. The molecule has 1 unspecified atom stereocenters. The van der Waals surface area contributed by atoms with Crippen molar-refractivity contribution in [1.29, 1.82) is 0 Å². The molecular weight excluding hydrogens is 250 g/mol. The third-order valence-electron chi connectivity index (χ3n) is 1.94. The lowest BCUT2D eigenvalue weighted by molar-refractivity contribution is -0.123. The Bertz CT molecular complexity index is 365. The zero-order valence-corrected chi connectivity index (χ0v) is 10.9. The Morgan fingerprint density at radius 1 is 1.44 bits per heavy atom. The van der Waals surface area contributed by atoms with Gasteiger partial charge in [0, 0.05) is 6.54 Å². The molecule has 1 atom stereocenters. The van der Waals surface area contributed by atoms with Crippen LogP contribution in [0.3, 0.4) is 0 Å². The van der Waals surface area contributed by atoms with Crippen LogP contribution in [0.1, 0.15) is 13.8 Å². The molecule has 94 valence electrons. The number of hydrogen-bond donors (Lipinski definition) is 3. The van der Waals surface area contributed by atoms with Crippen molar-refractivity contribution in [2.24, 2.45) is 22.7 Å². The summed E-state index contributed by atoms with van der Waals surface area (Å²) < 4.78 is 21.3. The summed E-state index contributed by atoms with van der Waals surface area (Å²) in [5, 5.41) is 7.22. The van der Waals surface area contributed by atoms with E-state index in [9.17, 15) is 13.2 Å². The average Bonchev–Trinajstić information content (AvgIpc) is 1.99. The highest BCUT2D eigenvalue weighted by molar-refractivity contribution is 7.89. The van der Waals surface area contributed by atoms with Gasteiger partial charge in [0.2, 0.25) is 15.9 Å². The van der Waals surface area contributed by atoms with Crippen LogP contribution in [-0.4, -0.2) is 31.6 Å². The minimum Gasteiger partial charge on any atom is -0.393 e. The second kappa shape index (κ2) is 6.12. The number of carbonyl (C=O) groups is 1. The van der Waals surface area contributed by atoms with Gasteiger partial charge in [-0.25, -0.2) is 13.6 Å². The summed E-state index contributed by atoms with van der Waals surface area (Å²) in [5.41, 5.74) is 5.42. The summed E-state index contributed by atoms with van der Waals surface area (Å²) in [6, 6.07) is 0. The molecule has 8 heteroatoms. The summed E-state index contributed by atoms with van der Waals surface area (Å²) in [5.74, 6) is -1.30. The second-order valence-electron chi connectivity index (χ2n) is 3.78. The standard InChI is InChI=1S/C8H17N3O3S2/c1-5(2)6(7(9)15)8(12)11-3-4-16(10,13)14/h5-6H,3-4H2,1-2H3,(H2,9,15)(H,11,12)(H2,10,13,14). The van der Waals surface area contributed by atoms with Crippen molar-refractivity contribution in [2.45, 2.75) is 13.8 Å². The molecule has 0 saturated heterocycles. The van der Waals surface area contributed by atoms with E-state index in [1.807, 2.05) is 13.8 Å². The van der Waals surface area contributed by atoms with Gasteiger partial charge in [-0.3, -0.25) is 4.79 Å². The third kappa shape index (κ3) is 5.99. The number of nitrogens with one attached hydrogen (secondary N) is 1. The number of sulfonamides is 1. The Morgan fingerprint density at radius 2 is 1.94 bits per heavy atom. The molecule has 0 fully saturated rings. The minimum absolute atomic E-state index is 0.0352. The summed E-state index contributed by atoms with van der Waals surface area (Å²) in [4.78, 5) is 11.7. The fourth-order valence-electron chi connectivity index (χ4n) is 1.19. The summed E-state index contributed by atoms with van der Waals surface area (Å²) in [6.45, 7) is 3.58. The molecule has 6 nitrogen and oxygen atoms in total. The van der Waals surface area contributed by atoms with E-state index in [0.717, 1.165) is 0 Å². The Hall–Kier alpha value is -0.730. The molecule has 1 amide bonds. The van der Waals surface area contributed by atoms with Crippen molar-refractivity contribution in [2.75, 3.05) is 12.3 Å². The van der Waals surface area contributed by atoms with Gasteiger partial charge in [0.1, 0.15) is 0 Å². The van der Waals surface area contributed by atoms with Crippen molar-refractivity contribution < 1.29 is 13.2 Å². The van der Waals surface area contributed by atoms with Gasteiger partial charge in [-0.1, -0.05) is 26.1 Å². The summed E-state index contributed by atoms with van der Waals surface area (Å²) >= 11 is 4.77. The lowest BCUT2D eigenvalue weighted by Gasteiger charge is -2.18. The molecule has 0 bridgehead atoms. The quantitative estimate of drug-likeness (QED) is 0.531. The predicted octanol–water partition coefficient (Wildman–Crippen LogP) is -1.05. The van der Waals surface area contributed by atoms with Crippen molar-refractivity contribution in [3.8, 4) is 0 Å². The Morgan fingerprint density at radius 3 is 2.25 bits per heavy atom. The van der Waals surface area contributed by atoms with Crippen LogP contribution in [0.15, 0.2) is 0 Å². The van der Waals surface area contributed by atoms with Crippen LogP contribution in [0.2, 0.25) is 0 Å². The smallest absolute Gasteiger partial charge is 0.230 e. The van der Waals surface area contributed by atoms with Gasteiger partial charge in [-0.05, 0) is 5.92 Å². The van der Waals surface area contributed by atoms with E-state index >= 15 is 0 Å². The van der Waals surface area contributed by atoms with Crippen LogP contribution in [0.25, 0.3) is 0 Å². The van der Waals surface area contributed by atoms with Crippen LogP contribution in [-0.2, 0) is 14.8 Å². The monoisotopic (exact) mass is 267 g/mol. The van der Waals surface area contributed by atoms with E-state index in [4.69, 9.17) is 23.1 Å². The average molecular weight is 267 g/mol. The van der Waals surface area contributed by atoms with E-state index in [2.05, 4.69) is 5.32 Å². The Balaban J connectivity index is 4.29. The summed E-state index contributed by atoms with van der Waals surface area (Å²) in [7, 11) is -3.56. The lowest BCUT2D eigenvalue weighted by atomic mass is 9.95. The first-order valence-electron chi connectivity index (χ1n) is 4.72. The SMILES string of the molecule is CC(C)C(C(=O)NCCS(N)(=O)=O)C(N)=S. The van der Waals surface area contributed by atoms with Crippen LogP contribution in [0.4, 0.5) is 0 Å². The van der Waals surface area contributed by atoms with E-state index in [0.29, 0.717) is 0 Å². The highest BCUT2D eigenvalue weighted by Crippen LogP contribution is 2.11. The zero-order valence-electron chi connectivity index (χ0n) is 9.26. The van der Waals surface area contributed by atoms with E-state index < -0.39 is 15.9 Å². The van der Waals surface area contributed by atoms with Gasteiger partial charge in [-0.15, -0.1) is 0 Å². The molecule has 0 heterocycles. The number of rotatable bonds is 6. The Kier molecular flexibility index (Phi) is 5.84. The number of hydrogen-bond acceptors (Lipinski definition) is 4. The van der Waals surface area contributed by atoms with Gasteiger partial charge in [-0.2, -0.15) is 0 Å². The van der Waals surface area contributed by atoms with Crippen LogP contribution < -0.4 is 16.2 Å². The normalized spacial score (nSPS) is 13.5. The molecule has 0 rings (SSSR count). The van der Waals surface area contributed by atoms with Crippen LogP contribution >= 0.6 is 12.2 Å². The fraction of sp³-hybridized carbons (Fsp3) is 0.750. The molecule has 0 aliphatic heterocycles. The molecular formula is C8H17N3O3S2. The van der Waals surface area contributed by atoms with Crippen molar-refractivity contribution >= 4 is 33.1 Å². The molecule has 5 N–H and O–H groups in total. The minimum atomic E-state index is -3.56. The molecule has 0 saturated carbocycles. The molecule has 0 aromatic heterocycles. The first-order valence-corrected chi connectivity index (χ1v) is 6.85. The number of amides is 1. The maximum Gasteiger partial charge on any atom is 0.230 e. The van der Waals surface area contributed by atoms with Gasteiger partial charge in [0.25, 0.3) is 0 Å². The van der Waals surface area contributed by atoms with Crippen LogP contribution in [0, 0.1) is 11.8 Å². The van der Waals surface area contributed by atoms with E-state index in [1.54, 1.807) is 0 Å². The highest BCUT2D eigenvalue weighted by Gasteiger charge is 2.24. The first-order chi connectivity index (χ1) is 7.15. The number of primary sulfonamides is 1. The highest BCUT2D eigenvalue weighted by atomic mass is 32.2. The molecule has 0 aliphatic carbocycles. The maximum atomic E-state index is 11.6. The third-order valence-corrected chi connectivity index (χ3v) is 2.97. The first kappa shape index (κ1) is 15.3. The van der Waals surface area contributed by atoms with E-state index in [-0.39, 0.29) is 29.1 Å². The maximum absolute atomic E-state index is 11.6. The topological polar surface area (TPSA) is 115 Å². The fourth-order valence-corrected chi connectivity index (χ4v) is 1.95. The molecule has 16 heavy (non-hydrogen) atoms.